The minimum atomic E-state index is -0.213. The molecule has 2 saturated carbocycles. The molecule has 7 rings (SSSR count). The Morgan fingerprint density at radius 3 is 2.33 bits per heavy atom. The molecule has 4 fully saturated rings. The van der Waals surface area contributed by atoms with Crippen LogP contribution < -0.4 is 0 Å². The summed E-state index contributed by atoms with van der Waals surface area (Å²) in [6.45, 7) is 4.65. The smallest absolute Gasteiger partial charge is 0.147 e. The van der Waals surface area contributed by atoms with Gasteiger partial charge < -0.3 is 14.0 Å². The first-order valence-electron chi connectivity index (χ1n) is 12.5. The maximum atomic E-state index is 6.61. The highest BCUT2D eigenvalue weighted by Gasteiger charge is 2.49. The molecule has 3 aromatic rings. The highest BCUT2D eigenvalue weighted by atomic mass is 35.5. The van der Waals surface area contributed by atoms with Crippen LogP contribution in [0.3, 0.4) is 0 Å². The van der Waals surface area contributed by atoms with Gasteiger partial charge in [0.15, 0.2) is 0 Å². The first-order chi connectivity index (χ1) is 17.4. The molecular weight excluding hydrogens is 493 g/mol. The molecule has 186 valence electrons. The van der Waals surface area contributed by atoms with Crippen molar-refractivity contribution >= 4 is 35.0 Å². The van der Waals surface area contributed by atoms with Crippen molar-refractivity contribution in [1.82, 2.24) is 5.16 Å². The Bertz CT molecular complexity index is 1290. The summed E-state index contributed by atoms with van der Waals surface area (Å²) in [4.78, 5) is 0. The zero-order valence-corrected chi connectivity index (χ0v) is 21.9. The Kier molecular flexibility index (Phi) is 6.02. The second-order valence-electron chi connectivity index (χ2n) is 10.4. The van der Waals surface area contributed by atoms with E-state index in [0.717, 1.165) is 66.7 Å². The SMILES string of the molecule is C=C(OC)c1ccc(C23CCC(/C=C/c4c(-c5c(Cl)cccc5Cl)noc4C4CC4)(CC2)CO3)cc1. The third-order valence-corrected chi connectivity index (χ3v) is 8.81. The average Bonchev–Trinajstić information content (AvgIpc) is 3.68. The Morgan fingerprint density at radius 1 is 1.06 bits per heavy atom. The van der Waals surface area contributed by atoms with E-state index in [1.165, 1.54) is 5.56 Å². The zero-order valence-electron chi connectivity index (χ0n) is 20.4. The Balaban J connectivity index is 1.26. The number of hydrogen-bond donors (Lipinski definition) is 0. The molecule has 2 bridgehead atoms. The maximum Gasteiger partial charge on any atom is 0.147 e. The molecule has 2 aliphatic carbocycles. The van der Waals surface area contributed by atoms with Crippen molar-refractivity contribution in [3.05, 3.63) is 87.6 Å². The molecule has 2 aromatic carbocycles. The van der Waals surface area contributed by atoms with Gasteiger partial charge in [-0.15, -0.1) is 0 Å². The van der Waals surface area contributed by atoms with Gasteiger partial charge in [0.05, 0.1) is 29.4 Å². The standard InChI is InChI=1S/C30H29Cl2NO3/c1-19(34-2)20-8-10-22(11-9-20)30-16-14-29(15-17-30,18-35-30)13-12-23-27(33-36-28(23)21-6-7-21)26-24(31)4-3-5-25(26)32/h3-5,8-13,21H,1,6-7,14-18H2,2H3/b13-12+. The van der Waals surface area contributed by atoms with Crippen LogP contribution in [0.1, 0.15) is 66.9 Å². The highest BCUT2D eigenvalue weighted by Crippen LogP contribution is 2.55. The number of aromatic nitrogens is 1. The normalized spacial score (nSPS) is 25.4. The van der Waals surface area contributed by atoms with Crippen LogP contribution in [0.4, 0.5) is 0 Å². The first kappa shape index (κ1) is 23.8. The molecule has 3 heterocycles. The van der Waals surface area contributed by atoms with Crippen LogP contribution in [0.15, 0.2) is 59.6 Å². The van der Waals surface area contributed by atoms with E-state index in [-0.39, 0.29) is 11.0 Å². The minimum Gasteiger partial charge on any atom is -0.497 e. The van der Waals surface area contributed by atoms with E-state index < -0.39 is 0 Å². The van der Waals surface area contributed by atoms with E-state index in [2.05, 4.69) is 48.2 Å². The van der Waals surface area contributed by atoms with Gasteiger partial charge in [-0.2, -0.15) is 0 Å². The topological polar surface area (TPSA) is 44.5 Å². The minimum absolute atomic E-state index is 0.00562. The lowest BCUT2D eigenvalue weighted by atomic mass is 9.64. The van der Waals surface area contributed by atoms with Crippen LogP contribution >= 0.6 is 23.2 Å². The van der Waals surface area contributed by atoms with Crippen LogP contribution in [0.5, 0.6) is 0 Å². The van der Waals surface area contributed by atoms with Crippen molar-refractivity contribution in [3.8, 4) is 11.3 Å². The van der Waals surface area contributed by atoms with Crippen molar-refractivity contribution in [1.29, 1.82) is 0 Å². The molecule has 0 N–H and O–H groups in total. The van der Waals surface area contributed by atoms with E-state index in [4.69, 9.17) is 37.2 Å². The molecule has 36 heavy (non-hydrogen) atoms. The Morgan fingerprint density at radius 2 is 1.75 bits per heavy atom. The third-order valence-electron chi connectivity index (χ3n) is 8.18. The lowest BCUT2D eigenvalue weighted by Crippen LogP contribution is -2.48. The van der Waals surface area contributed by atoms with Gasteiger partial charge in [0.1, 0.15) is 17.2 Å². The predicted octanol–water partition coefficient (Wildman–Crippen LogP) is 8.64. The Labute approximate surface area is 221 Å². The molecule has 4 nitrogen and oxygen atoms in total. The number of rotatable bonds is 7. The quantitative estimate of drug-likeness (QED) is 0.291. The molecular formula is C30H29Cl2NO3. The summed E-state index contributed by atoms with van der Waals surface area (Å²) in [5.74, 6) is 2.03. The van der Waals surface area contributed by atoms with Crippen LogP contribution in [0.2, 0.25) is 10.0 Å². The van der Waals surface area contributed by atoms with Gasteiger partial charge in [0.25, 0.3) is 0 Å². The number of hydrogen-bond acceptors (Lipinski definition) is 4. The van der Waals surface area contributed by atoms with Gasteiger partial charge in [-0.25, -0.2) is 0 Å². The maximum absolute atomic E-state index is 6.61. The molecule has 4 aliphatic rings. The Hall–Kier alpha value is -2.53. The highest BCUT2D eigenvalue weighted by molar-refractivity contribution is 6.39. The lowest BCUT2D eigenvalue weighted by Gasteiger charge is -2.52. The van der Waals surface area contributed by atoms with E-state index in [9.17, 15) is 0 Å². The summed E-state index contributed by atoms with van der Waals surface area (Å²) in [5.41, 5.74) is 4.48. The van der Waals surface area contributed by atoms with Gasteiger partial charge in [-0.1, -0.05) is 77.4 Å². The first-order valence-corrected chi connectivity index (χ1v) is 13.3. The predicted molar refractivity (Wildman–Crippen MR) is 144 cm³/mol. The molecule has 0 atom stereocenters. The van der Waals surface area contributed by atoms with Crippen LogP contribution in [-0.2, 0) is 15.1 Å². The molecule has 2 saturated heterocycles. The number of ether oxygens (including phenoxy) is 2. The van der Waals surface area contributed by atoms with Crippen LogP contribution in [0.25, 0.3) is 23.1 Å². The fourth-order valence-electron chi connectivity index (χ4n) is 5.66. The summed E-state index contributed by atoms with van der Waals surface area (Å²) < 4.78 is 17.7. The number of methoxy groups -OCH3 is 1. The van der Waals surface area contributed by atoms with Gasteiger partial charge in [0, 0.05) is 28.0 Å². The van der Waals surface area contributed by atoms with Crippen molar-refractivity contribution in [3.63, 3.8) is 0 Å². The third kappa shape index (κ3) is 4.09. The van der Waals surface area contributed by atoms with E-state index in [1.807, 2.05) is 18.2 Å². The van der Waals surface area contributed by atoms with Gasteiger partial charge in [-0.3, -0.25) is 0 Å². The largest absolute Gasteiger partial charge is 0.497 e. The van der Waals surface area contributed by atoms with Crippen molar-refractivity contribution in [2.24, 2.45) is 5.41 Å². The van der Waals surface area contributed by atoms with E-state index >= 15 is 0 Å². The van der Waals surface area contributed by atoms with E-state index in [1.54, 1.807) is 7.11 Å². The van der Waals surface area contributed by atoms with Crippen LogP contribution in [0, 0.1) is 5.41 Å². The fraction of sp³-hybridized carbons (Fsp3) is 0.367. The molecule has 2 aliphatic heterocycles. The monoisotopic (exact) mass is 521 g/mol. The second-order valence-corrected chi connectivity index (χ2v) is 11.2. The van der Waals surface area contributed by atoms with Gasteiger partial charge >= 0.3 is 0 Å². The van der Waals surface area contributed by atoms with Gasteiger partial charge in [0.2, 0.25) is 0 Å². The second kappa shape index (κ2) is 9.09. The molecule has 0 radical (unpaired) electrons. The fourth-order valence-corrected chi connectivity index (χ4v) is 6.24. The number of fused-ring (bicyclic) bond motifs is 3. The zero-order chi connectivity index (χ0) is 24.9. The average molecular weight is 522 g/mol. The molecule has 0 amide bonds. The number of halogens is 2. The molecule has 0 spiro atoms. The van der Waals surface area contributed by atoms with Crippen molar-refractivity contribution in [2.75, 3.05) is 13.7 Å². The summed E-state index contributed by atoms with van der Waals surface area (Å²) in [7, 11) is 1.65. The van der Waals surface area contributed by atoms with E-state index in [0.29, 0.717) is 28.3 Å². The molecule has 1 aromatic heterocycles. The number of nitrogens with zero attached hydrogens (tertiary/aromatic N) is 1. The van der Waals surface area contributed by atoms with Crippen molar-refractivity contribution < 1.29 is 14.0 Å². The summed E-state index contributed by atoms with van der Waals surface area (Å²) in [6, 6.07) is 14.0. The molecule has 6 heteroatoms. The summed E-state index contributed by atoms with van der Waals surface area (Å²) in [5, 5.41) is 5.58. The number of benzene rings is 2. The summed E-state index contributed by atoms with van der Waals surface area (Å²) >= 11 is 13.1. The summed E-state index contributed by atoms with van der Waals surface area (Å²) in [6.07, 6.45) is 10.9. The molecule has 0 unspecified atom stereocenters. The van der Waals surface area contributed by atoms with Gasteiger partial charge in [-0.05, 0) is 56.2 Å². The van der Waals surface area contributed by atoms with Crippen LogP contribution in [-0.4, -0.2) is 18.9 Å². The lowest BCUT2D eigenvalue weighted by molar-refractivity contribution is -0.173. The van der Waals surface area contributed by atoms with Crippen molar-refractivity contribution in [2.45, 2.75) is 50.0 Å².